The van der Waals surface area contributed by atoms with Crippen molar-refractivity contribution in [2.75, 3.05) is 19.6 Å². The molecule has 1 aliphatic heterocycles. The Bertz CT molecular complexity index is 494. The Morgan fingerprint density at radius 3 is 2.38 bits per heavy atom. The third-order valence-electron chi connectivity index (χ3n) is 3.94. The average Bonchev–Trinajstić information content (AvgIpc) is 2.53. The Labute approximate surface area is 130 Å². The molecule has 2 N–H and O–H groups in total. The van der Waals surface area contributed by atoms with Crippen LogP contribution in [0.5, 0.6) is 0 Å². The number of likely N-dealkylation sites (tertiary alicyclic amines) is 1. The second-order valence-corrected chi connectivity index (χ2v) is 5.85. The van der Waals surface area contributed by atoms with Crippen LogP contribution in [0.25, 0.3) is 0 Å². The van der Waals surface area contributed by atoms with Crippen LogP contribution in [0, 0.1) is 5.92 Å². The van der Waals surface area contributed by atoms with Gasteiger partial charge in [0.25, 0.3) is 0 Å². The number of carbonyl (C=O) groups is 2. The highest BCUT2D eigenvalue weighted by Crippen LogP contribution is 2.23. The molecule has 0 spiro atoms. The third kappa shape index (κ3) is 4.29. The Kier molecular flexibility index (Phi) is 5.76. The smallest absolute Gasteiger partial charge is 0.222 e. The van der Waals surface area contributed by atoms with Gasteiger partial charge in [-0.25, -0.2) is 0 Å². The number of Topliss-reactive ketones (excluding diaryl/α,β-unsaturated/α-hetero) is 1. The van der Waals surface area contributed by atoms with Gasteiger partial charge in [-0.1, -0.05) is 11.6 Å². The van der Waals surface area contributed by atoms with Gasteiger partial charge in [0.15, 0.2) is 5.78 Å². The highest BCUT2D eigenvalue weighted by Gasteiger charge is 2.27. The van der Waals surface area contributed by atoms with Gasteiger partial charge in [-0.2, -0.15) is 0 Å². The van der Waals surface area contributed by atoms with Crippen molar-refractivity contribution in [1.29, 1.82) is 0 Å². The number of benzene rings is 1. The summed E-state index contributed by atoms with van der Waals surface area (Å²) < 4.78 is 0. The molecule has 2 rings (SSSR count). The molecule has 1 fully saturated rings. The second kappa shape index (κ2) is 7.57. The van der Waals surface area contributed by atoms with Crippen molar-refractivity contribution in [1.82, 2.24) is 4.90 Å². The molecule has 1 aromatic carbocycles. The van der Waals surface area contributed by atoms with E-state index >= 15 is 0 Å². The number of amides is 1. The molecule has 0 aromatic heterocycles. The van der Waals surface area contributed by atoms with Gasteiger partial charge < -0.3 is 10.6 Å². The SMILES string of the molecule is NCCCC(=O)N1CCC(C(=O)c2ccc(Cl)cc2)CC1. The van der Waals surface area contributed by atoms with E-state index in [1.54, 1.807) is 24.3 Å². The van der Waals surface area contributed by atoms with Gasteiger partial charge in [-0.15, -0.1) is 0 Å². The van der Waals surface area contributed by atoms with E-state index in [2.05, 4.69) is 0 Å². The van der Waals surface area contributed by atoms with Crippen LogP contribution in [0.1, 0.15) is 36.0 Å². The zero-order valence-electron chi connectivity index (χ0n) is 12.1. The normalized spacial score (nSPS) is 16.0. The maximum absolute atomic E-state index is 12.4. The Hall–Kier alpha value is -1.39. The van der Waals surface area contributed by atoms with E-state index in [-0.39, 0.29) is 17.6 Å². The van der Waals surface area contributed by atoms with Crippen LogP contribution in [-0.4, -0.2) is 36.2 Å². The van der Waals surface area contributed by atoms with E-state index < -0.39 is 0 Å². The van der Waals surface area contributed by atoms with E-state index in [4.69, 9.17) is 17.3 Å². The summed E-state index contributed by atoms with van der Waals surface area (Å²) in [5.74, 6) is 0.309. The first-order chi connectivity index (χ1) is 10.1. The topological polar surface area (TPSA) is 63.4 Å². The summed E-state index contributed by atoms with van der Waals surface area (Å²) in [6.45, 7) is 1.86. The number of ketones is 1. The van der Waals surface area contributed by atoms with Gasteiger partial charge in [0, 0.05) is 36.0 Å². The zero-order chi connectivity index (χ0) is 15.2. The standard InChI is InChI=1S/C16H21ClN2O2/c17-14-5-3-12(4-6-14)16(21)13-7-10-19(11-8-13)15(20)2-1-9-18/h3-6,13H,1-2,7-11,18H2. The number of rotatable bonds is 5. The third-order valence-corrected chi connectivity index (χ3v) is 4.19. The highest BCUT2D eigenvalue weighted by atomic mass is 35.5. The second-order valence-electron chi connectivity index (χ2n) is 5.42. The summed E-state index contributed by atoms with van der Waals surface area (Å²) in [4.78, 5) is 26.2. The fraction of sp³-hybridized carbons (Fsp3) is 0.500. The van der Waals surface area contributed by atoms with E-state index in [1.165, 1.54) is 0 Å². The number of carbonyl (C=O) groups excluding carboxylic acids is 2. The Morgan fingerprint density at radius 1 is 1.19 bits per heavy atom. The lowest BCUT2D eigenvalue weighted by atomic mass is 9.89. The molecule has 4 nitrogen and oxygen atoms in total. The quantitative estimate of drug-likeness (QED) is 0.850. The van der Waals surface area contributed by atoms with Crippen molar-refractivity contribution in [3.8, 4) is 0 Å². The van der Waals surface area contributed by atoms with Crippen LogP contribution in [0.15, 0.2) is 24.3 Å². The van der Waals surface area contributed by atoms with Crippen LogP contribution in [0.4, 0.5) is 0 Å². The van der Waals surface area contributed by atoms with Gasteiger partial charge in [0.05, 0.1) is 0 Å². The highest BCUT2D eigenvalue weighted by molar-refractivity contribution is 6.30. The molecular formula is C16H21ClN2O2. The fourth-order valence-corrected chi connectivity index (χ4v) is 2.78. The molecule has 1 saturated heterocycles. The number of nitrogens with zero attached hydrogens (tertiary/aromatic N) is 1. The lowest BCUT2D eigenvalue weighted by molar-refractivity contribution is -0.132. The van der Waals surface area contributed by atoms with E-state index in [1.807, 2.05) is 4.90 Å². The maximum Gasteiger partial charge on any atom is 0.222 e. The largest absolute Gasteiger partial charge is 0.343 e. The van der Waals surface area contributed by atoms with Crippen LogP contribution in [0.3, 0.4) is 0 Å². The lowest BCUT2D eigenvalue weighted by Gasteiger charge is -2.31. The molecule has 0 atom stereocenters. The molecule has 0 saturated carbocycles. The van der Waals surface area contributed by atoms with Crippen molar-refractivity contribution in [2.24, 2.45) is 11.7 Å². The zero-order valence-corrected chi connectivity index (χ0v) is 12.8. The average molecular weight is 309 g/mol. The summed E-state index contributed by atoms with van der Waals surface area (Å²) in [6.07, 6.45) is 2.69. The first-order valence-electron chi connectivity index (χ1n) is 7.39. The first kappa shape index (κ1) is 16.0. The van der Waals surface area contributed by atoms with Crippen LogP contribution >= 0.6 is 11.6 Å². The van der Waals surface area contributed by atoms with E-state index in [0.29, 0.717) is 36.6 Å². The summed E-state index contributed by atoms with van der Waals surface area (Å²) in [7, 11) is 0. The molecule has 114 valence electrons. The van der Waals surface area contributed by atoms with Gasteiger partial charge in [0.2, 0.25) is 5.91 Å². The van der Waals surface area contributed by atoms with Crippen molar-refractivity contribution in [3.63, 3.8) is 0 Å². The van der Waals surface area contributed by atoms with Gasteiger partial charge in [0.1, 0.15) is 0 Å². The van der Waals surface area contributed by atoms with E-state index in [0.717, 1.165) is 19.3 Å². The molecule has 5 heteroatoms. The summed E-state index contributed by atoms with van der Waals surface area (Å²) in [6, 6.07) is 7.01. The summed E-state index contributed by atoms with van der Waals surface area (Å²) in [5, 5.41) is 0.631. The molecule has 1 amide bonds. The minimum absolute atomic E-state index is 0.00438. The number of nitrogens with two attached hydrogens (primary N) is 1. The molecule has 0 unspecified atom stereocenters. The first-order valence-corrected chi connectivity index (χ1v) is 7.77. The molecule has 0 bridgehead atoms. The molecule has 0 radical (unpaired) electrons. The van der Waals surface area contributed by atoms with Crippen molar-refractivity contribution in [2.45, 2.75) is 25.7 Å². The van der Waals surface area contributed by atoms with Gasteiger partial charge >= 0.3 is 0 Å². The van der Waals surface area contributed by atoms with Crippen LogP contribution in [0.2, 0.25) is 5.02 Å². The number of hydrogen-bond donors (Lipinski definition) is 1. The summed E-state index contributed by atoms with van der Waals surface area (Å²) >= 11 is 5.83. The van der Waals surface area contributed by atoms with E-state index in [9.17, 15) is 9.59 Å². The van der Waals surface area contributed by atoms with Crippen molar-refractivity contribution < 1.29 is 9.59 Å². The monoisotopic (exact) mass is 308 g/mol. The predicted molar refractivity (Wildman–Crippen MR) is 83.4 cm³/mol. The Morgan fingerprint density at radius 2 is 1.81 bits per heavy atom. The predicted octanol–water partition coefficient (Wildman–Crippen LogP) is 2.50. The number of piperidine rings is 1. The van der Waals surface area contributed by atoms with Gasteiger partial charge in [-0.3, -0.25) is 9.59 Å². The fourth-order valence-electron chi connectivity index (χ4n) is 2.65. The number of halogens is 1. The van der Waals surface area contributed by atoms with Crippen LogP contribution < -0.4 is 5.73 Å². The van der Waals surface area contributed by atoms with Gasteiger partial charge in [-0.05, 0) is 50.1 Å². The molecule has 1 heterocycles. The van der Waals surface area contributed by atoms with Crippen LogP contribution in [-0.2, 0) is 4.79 Å². The Balaban J connectivity index is 1.87. The van der Waals surface area contributed by atoms with Crippen molar-refractivity contribution in [3.05, 3.63) is 34.9 Å². The lowest BCUT2D eigenvalue weighted by Crippen LogP contribution is -2.40. The number of hydrogen-bond acceptors (Lipinski definition) is 3. The molecule has 0 aliphatic carbocycles. The molecule has 1 aromatic rings. The molecule has 21 heavy (non-hydrogen) atoms. The maximum atomic E-state index is 12.4. The molecular weight excluding hydrogens is 288 g/mol. The summed E-state index contributed by atoms with van der Waals surface area (Å²) in [5.41, 5.74) is 6.12. The minimum atomic E-state index is 0.00438. The minimum Gasteiger partial charge on any atom is -0.343 e. The molecule has 1 aliphatic rings. The van der Waals surface area contributed by atoms with Crippen molar-refractivity contribution >= 4 is 23.3 Å².